The normalized spacial score (nSPS) is 12.0. The van der Waals surface area contributed by atoms with Gasteiger partial charge in [-0.15, -0.1) is 0 Å². The maximum atomic E-state index is 13.7. The summed E-state index contributed by atoms with van der Waals surface area (Å²) in [6.07, 6.45) is 0.521. The van der Waals surface area contributed by atoms with Gasteiger partial charge in [0.05, 0.1) is 14.2 Å². The molecule has 2 rings (SSSR count). The van der Waals surface area contributed by atoms with Gasteiger partial charge in [-0.3, -0.25) is 0 Å². The van der Waals surface area contributed by atoms with Gasteiger partial charge in [0.2, 0.25) is 0 Å². The van der Waals surface area contributed by atoms with Crippen LogP contribution in [0.2, 0.25) is 0 Å². The van der Waals surface area contributed by atoms with Gasteiger partial charge in [-0.25, -0.2) is 4.39 Å². The molecule has 2 aromatic rings. The predicted molar refractivity (Wildman–Crippen MR) is 84.3 cm³/mol. The molecule has 1 atom stereocenters. The summed E-state index contributed by atoms with van der Waals surface area (Å²) < 4.78 is 24.7. The smallest absolute Gasteiger partial charge is 0.165 e. The van der Waals surface area contributed by atoms with Crippen LogP contribution in [-0.4, -0.2) is 14.2 Å². The highest BCUT2D eigenvalue weighted by atomic mass is 79.9. The molecule has 0 heterocycles. The average molecular weight is 354 g/mol. The number of ether oxygens (including phenoxy) is 2. The van der Waals surface area contributed by atoms with Crippen molar-refractivity contribution in [2.75, 3.05) is 14.2 Å². The summed E-state index contributed by atoms with van der Waals surface area (Å²) in [6.45, 7) is 0. The minimum atomic E-state index is -0.382. The minimum Gasteiger partial charge on any atom is -0.497 e. The first-order valence-electron chi connectivity index (χ1n) is 6.46. The Hall–Kier alpha value is -1.59. The second-order valence-corrected chi connectivity index (χ2v) is 5.52. The Labute approximate surface area is 132 Å². The molecular formula is C16H17BrFNO2. The zero-order chi connectivity index (χ0) is 15.4. The Morgan fingerprint density at radius 2 is 1.90 bits per heavy atom. The van der Waals surface area contributed by atoms with Gasteiger partial charge in [0.1, 0.15) is 5.75 Å². The lowest BCUT2D eigenvalue weighted by Gasteiger charge is -2.15. The molecule has 0 fully saturated rings. The standard InChI is InChI=1S/C16H17BrFNO2/c1-20-11-4-5-13(17)12(9-11)15(19)8-10-3-6-16(21-2)14(18)7-10/h3-7,9,15H,8,19H2,1-2H3. The molecule has 112 valence electrons. The molecule has 0 bridgehead atoms. The molecule has 0 aliphatic carbocycles. The summed E-state index contributed by atoms with van der Waals surface area (Å²) in [7, 11) is 3.05. The summed E-state index contributed by atoms with van der Waals surface area (Å²) in [5, 5.41) is 0. The van der Waals surface area contributed by atoms with Gasteiger partial charge in [-0.05, 0) is 47.9 Å². The highest BCUT2D eigenvalue weighted by molar-refractivity contribution is 9.10. The van der Waals surface area contributed by atoms with Crippen LogP contribution in [0.1, 0.15) is 17.2 Å². The van der Waals surface area contributed by atoms with E-state index in [-0.39, 0.29) is 17.6 Å². The Kier molecular flexibility index (Phi) is 5.20. The van der Waals surface area contributed by atoms with E-state index in [0.717, 1.165) is 21.3 Å². The Morgan fingerprint density at radius 1 is 1.14 bits per heavy atom. The van der Waals surface area contributed by atoms with E-state index in [1.54, 1.807) is 13.2 Å². The van der Waals surface area contributed by atoms with Crippen molar-refractivity contribution in [2.45, 2.75) is 12.5 Å². The van der Waals surface area contributed by atoms with Crippen molar-refractivity contribution in [1.29, 1.82) is 0 Å². The molecule has 0 aliphatic rings. The van der Waals surface area contributed by atoms with Crippen molar-refractivity contribution in [1.82, 2.24) is 0 Å². The number of benzene rings is 2. The number of hydrogen-bond donors (Lipinski definition) is 1. The van der Waals surface area contributed by atoms with Crippen LogP contribution in [0.3, 0.4) is 0 Å². The van der Waals surface area contributed by atoms with Gasteiger partial charge in [-0.1, -0.05) is 22.0 Å². The molecule has 2 N–H and O–H groups in total. The molecule has 0 amide bonds. The fourth-order valence-electron chi connectivity index (χ4n) is 2.13. The first kappa shape index (κ1) is 15.8. The van der Waals surface area contributed by atoms with E-state index in [0.29, 0.717) is 6.42 Å². The van der Waals surface area contributed by atoms with Crippen molar-refractivity contribution >= 4 is 15.9 Å². The van der Waals surface area contributed by atoms with E-state index in [1.165, 1.54) is 13.2 Å². The number of hydrogen-bond acceptors (Lipinski definition) is 3. The summed E-state index contributed by atoms with van der Waals surface area (Å²) in [5.41, 5.74) is 7.97. The third kappa shape index (κ3) is 3.74. The van der Waals surface area contributed by atoms with Crippen molar-refractivity contribution in [3.05, 3.63) is 57.8 Å². The fourth-order valence-corrected chi connectivity index (χ4v) is 2.67. The van der Waals surface area contributed by atoms with Crippen LogP contribution in [0.4, 0.5) is 4.39 Å². The SMILES string of the molecule is COc1ccc(Br)c(C(N)Cc2ccc(OC)c(F)c2)c1. The number of rotatable bonds is 5. The first-order valence-corrected chi connectivity index (χ1v) is 7.26. The number of methoxy groups -OCH3 is 2. The molecule has 0 spiro atoms. The first-order chi connectivity index (χ1) is 10.0. The molecular weight excluding hydrogens is 337 g/mol. The van der Waals surface area contributed by atoms with E-state index in [1.807, 2.05) is 24.3 Å². The molecule has 1 unspecified atom stereocenters. The zero-order valence-corrected chi connectivity index (χ0v) is 13.5. The maximum absolute atomic E-state index is 13.7. The molecule has 0 saturated heterocycles. The monoisotopic (exact) mass is 353 g/mol. The fraction of sp³-hybridized carbons (Fsp3) is 0.250. The van der Waals surface area contributed by atoms with Gasteiger partial charge >= 0.3 is 0 Å². The van der Waals surface area contributed by atoms with Gasteiger partial charge in [0, 0.05) is 10.5 Å². The van der Waals surface area contributed by atoms with Crippen LogP contribution in [0.5, 0.6) is 11.5 Å². The molecule has 21 heavy (non-hydrogen) atoms. The van der Waals surface area contributed by atoms with Crippen molar-refractivity contribution in [3.63, 3.8) is 0 Å². The summed E-state index contributed by atoms with van der Waals surface area (Å²) in [6, 6.07) is 10.2. The lowest BCUT2D eigenvalue weighted by Crippen LogP contribution is -2.14. The van der Waals surface area contributed by atoms with Gasteiger partial charge in [-0.2, -0.15) is 0 Å². The topological polar surface area (TPSA) is 44.5 Å². The van der Waals surface area contributed by atoms with E-state index in [4.69, 9.17) is 15.2 Å². The molecule has 5 heteroatoms. The Morgan fingerprint density at radius 3 is 2.52 bits per heavy atom. The van der Waals surface area contributed by atoms with E-state index in [9.17, 15) is 4.39 Å². The quantitative estimate of drug-likeness (QED) is 0.887. The van der Waals surface area contributed by atoms with E-state index in [2.05, 4.69) is 15.9 Å². The van der Waals surface area contributed by atoms with Crippen LogP contribution in [0.15, 0.2) is 40.9 Å². The lowest BCUT2D eigenvalue weighted by molar-refractivity contribution is 0.386. The third-order valence-corrected chi connectivity index (χ3v) is 4.00. The Balaban J connectivity index is 2.21. The van der Waals surface area contributed by atoms with Gasteiger partial charge in [0.15, 0.2) is 11.6 Å². The van der Waals surface area contributed by atoms with Crippen LogP contribution >= 0.6 is 15.9 Å². The molecule has 0 saturated carbocycles. The summed E-state index contributed by atoms with van der Waals surface area (Å²) >= 11 is 3.48. The van der Waals surface area contributed by atoms with Crippen molar-refractivity contribution < 1.29 is 13.9 Å². The molecule has 2 aromatic carbocycles. The molecule has 0 radical (unpaired) electrons. The summed E-state index contributed by atoms with van der Waals surface area (Å²) in [5.74, 6) is 0.589. The van der Waals surface area contributed by atoms with Crippen molar-refractivity contribution in [3.8, 4) is 11.5 Å². The third-order valence-electron chi connectivity index (χ3n) is 3.27. The van der Waals surface area contributed by atoms with Crippen LogP contribution < -0.4 is 15.2 Å². The number of nitrogens with two attached hydrogens (primary N) is 1. The average Bonchev–Trinajstić information content (AvgIpc) is 2.48. The lowest BCUT2D eigenvalue weighted by atomic mass is 9.99. The van der Waals surface area contributed by atoms with Gasteiger partial charge < -0.3 is 15.2 Å². The zero-order valence-electron chi connectivity index (χ0n) is 11.9. The second-order valence-electron chi connectivity index (χ2n) is 4.67. The molecule has 0 aliphatic heterocycles. The second kappa shape index (κ2) is 6.91. The van der Waals surface area contributed by atoms with Crippen LogP contribution in [0, 0.1) is 5.82 Å². The largest absolute Gasteiger partial charge is 0.497 e. The molecule has 3 nitrogen and oxygen atoms in total. The minimum absolute atomic E-state index is 0.231. The van der Waals surface area contributed by atoms with Crippen molar-refractivity contribution in [2.24, 2.45) is 5.73 Å². The predicted octanol–water partition coefficient (Wildman–Crippen LogP) is 3.85. The van der Waals surface area contributed by atoms with E-state index < -0.39 is 0 Å². The van der Waals surface area contributed by atoms with Gasteiger partial charge in [0.25, 0.3) is 0 Å². The summed E-state index contributed by atoms with van der Waals surface area (Å²) in [4.78, 5) is 0. The van der Waals surface area contributed by atoms with Crippen LogP contribution in [0.25, 0.3) is 0 Å². The number of halogens is 2. The maximum Gasteiger partial charge on any atom is 0.165 e. The highest BCUT2D eigenvalue weighted by Crippen LogP contribution is 2.29. The van der Waals surface area contributed by atoms with E-state index >= 15 is 0 Å². The van der Waals surface area contributed by atoms with Crippen LogP contribution in [-0.2, 0) is 6.42 Å². The molecule has 0 aromatic heterocycles. The highest BCUT2D eigenvalue weighted by Gasteiger charge is 2.13. The Bertz CT molecular complexity index is 634.